The number of aromatic nitrogens is 1. The number of carbonyl (C=O) groups is 1. The van der Waals surface area contributed by atoms with Gasteiger partial charge in [-0.3, -0.25) is 4.79 Å². The topological polar surface area (TPSA) is 55.1 Å². The zero-order valence-electron chi connectivity index (χ0n) is 14.2. The quantitative estimate of drug-likeness (QED) is 0.666. The van der Waals surface area contributed by atoms with Crippen LogP contribution in [0.4, 0.5) is 4.39 Å². The molecule has 0 aliphatic heterocycles. The van der Waals surface area contributed by atoms with Gasteiger partial charge in [-0.2, -0.15) is 0 Å². The van der Waals surface area contributed by atoms with E-state index in [9.17, 15) is 9.18 Å². The Balaban J connectivity index is 1.55. The zero-order chi connectivity index (χ0) is 18.5. The van der Waals surface area contributed by atoms with Crippen LogP contribution in [0.3, 0.4) is 0 Å². The number of nitrogens with zero attached hydrogens (tertiary/aromatic N) is 1. The molecule has 0 bridgehead atoms. The van der Waals surface area contributed by atoms with Crippen LogP contribution < -0.4 is 5.32 Å². The minimum Gasteiger partial charge on any atom is -0.441 e. The molecule has 0 aliphatic rings. The third-order valence-corrected chi connectivity index (χ3v) is 4.34. The third kappa shape index (κ3) is 4.49. The average Bonchev–Trinajstić information content (AvgIpc) is 3.09. The van der Waals surface area contributed by atoms with Crippen molar-refractivity contribution in [2.45, 2.75) is 25.8 Å². The van der Waals surface area contributed by atoms with Gasteiger partial charge < -0.3 is 9.73 Å². The fourth-order valence-electron chi connectivity index (χ4n) is 2.58. The maximum atomic E-state index is 13.0. The highest BCUT2D eigenvalue weighted by atomic mass is 35.5. The highest BCUT2D eigenvalue weighted by molar-refractivity contribution is 6.33. The monoisotopic (exact) mass is 372 g/mol. The van der Waals surface area contributed by atoms with Gasteiger partial charge in [0.1, 0.15) is 5.82 Å². The highest BCUT2D eigenvalue weighted by Crippen LogP contribution is 2.28. The molecular weight excluding hydrogens is 355 g/mol. The number of nitrogens with one attached hydrogen (secondary N) is 1. The van der Waals surface area contributed by atoms with E-state index in [1.54, 1.807) is 24.4 Å². The summed E-state index contributed by atoms with van der Waals surface area (Å²) >= 11 is 6.15. The summed E-state index contributed by atoms with van der Waals surface area (Å²) in [6, 6.07) is 13.2. The van der Waals surface area contributed by atoms with Crippen molar-refractivity contribution >= 4 is 17.5 Å². The van der Waals surface area contributed by atoms with Crippen LogP contribution in [0.2, 0.25) is 5.02 Å². The summed E-state index contributed by atoms with van der Waals surface area (Å²) < 4.78 is 18.6. The Hall–Kier alpha value is -2.66. The smallest absolute Gasteiger partial charge is 0.220 e. The first kappa shape index (κ1) is 18.1. The third-order valence-electron chi connectivity index (χ3n) is 4.01. The van der Waals surface area contributed by atoms with Gasteiger partial charge in [-0.15, -0.1) is 0 Å². The predicted molar refractivity (Wildman–Crippen MR) is 98.2 cm³/mol. The number of aryl methyl sites for hydroxylation is 1. The van der Waals surface area contributed by atoms with Gasteiger partial charge in [0.05, 0.1) is 17.3 Å². The molecule has 2 aromatic carbocycles. The molecule has 1 atom stereocenters. The van der Waals surface area contributed by atoms with Crippen molar-refractivity contribution in [2.75, 3.05) is 0 Å². The number of amides is 1. The van der Waals surface area contributed by atoms with E-state index < -0.39 is 0 Å². The van der Waals surface area contributed by atoms with E-state index in [4.69, 9.17) is 16.0 Å². The van der Waals surface area contributed by atoms with Gasteiger partial charge in [0, 0.05) is 18.4 Å². The predicted octanol–water partition coefficient (Wildman–Crippen LogP) is 4.94. The van der Waals surface area contributed by atoms with Gasteiger partial charge in [-0.25, -0.2) is 9.37 Å². The van der Waals surface area contributed by atoms with E-state index in [1.165, 1.54) is 12.1 Å². The molecule has 0 spiro atoms. The summed E-state index contributed by atoms with van der Waals surface area (Å²) in [5, 5.41) is 3.47. The summed E-state index contributed by atoms with van der Waals surface area (Å²) in [4.78, 5) is 16.3. The number of halogens is 2. The minimum atomic E-state index is -0.300. The van der Waals surface area contributed by atoms with E-state index in [2.05, 4.69) is 10.3 Å². The standard InChI is InChI=1S/C20H18ClFN2O2/c1-13(14-6-8-15(22)9-7-14)24-19(25)10-11-20-23-12-18(26-20)16-4-2-3-5-17(16)21/h2-9,12-13H,10-11H2,1H3,(H,24,25). The molecule has 0 saturated heterocycles. The highest BCUT2D eigenvalue weighted by Gasteiger charge is 2.13. The van der Waals surface area contributed by atoms with Crippen molar-refractivity contribution < 1.29 is 13.6 Å². The van der Waals surface area contributed by atoms with Crippen molar-refractivity contribution in [3.63, 3.8) is 0 Å². The van der Waals surface area contributed by atoms with Crippen molar-refractivity contribution in [3.05, 3.63) is 77.0 Å². The number of rotatable bonds is 6. The van der Waals surface area contributed by atoms with Crippen molar-refractivity contribution in [2.24, 2.45) is 0 Å². The van der Waals surface area contributed by atoms with Crippen molar-refractivity contribution in [1.82, 2.24) is 10.3 Å². The van der Waals surface area contributed by atoms with Crippen LogP contribution in [0.15, 0.2) is 59.1 Å². The average molecular weight is 373 g/mol. The number of carbonyl (C=O) groups excluding carboxylic acids is 1. The van der Waals surface area contributed by atoms with E-state index in [1.807, 2.05) is 25.1 Å². The first-order valence-corrected chi connectivity index (χ1v) is 8.65. The molecule has 1 unspecified atom stereocenters. The molecule has 1 heterocycles. The van der Waals surface area contributed by atoms with Crippen LogP contribution in [0.1, 0.15) is 30.8 Å². The lowest BCUT2D eigenvalue weighted by molar-refractivity contribution is -0.121. The fraction of sp³-hybridized carbons (Fsp3) is 0.200. The van der Waals surface area contributed by atoms with Gasteiger partial charge in [0.15, 0.2) is 11.7 Å². The Morgan fingerprint density at radius 1 is 1.23 bits per heavy atom. The Kier molecular flexibility index (Phi) is 5.68. The molecule has 1 aromatic heterocycles. The second-order valence-corrected chi connectivity index (χ2v) is 6.35. The molecule has 1 N–H and O–H groups in total. The molecule has 6 heteroatoms. The number of hydrogen-bond acceptors (Lipinski definition) is 3. The Morgan fingerprint density at radius 3 is 2.69 bits per heavy atom. The lowest BCUT2D eigenvalue weighted by atomic mass is 10.1. The van der Waals surface area contributed by atoms with Gasteiger partial charge in [-0.05, 0) is 36.8 Å². The molecule has 4 nitrogen and oxygen atoms in total. The fourth-order valence-corrected chi connectivity index (χ4v) is 2.81. The van der Waals surface area contributed by atoms with E-state index in [0.717, 1.165) is 11.1 Å². The summed E-state index contributed by atoms with van der Waals surface area (Å²) in [6.45, 7) is 1.85. The summed E-state index contributed by atoms with van der Waals surface area (Å²) in [7, 11) is 0. The maximum absolute atomic E-state index is 13.0. The van der Waals surface area contributed by atoms with Gasteiger partial charge in [0.25, 0.3) is 0 Å². The van der Waals surface area contributed by atoms with Crippen LogP contribution in [0.25, 0.3) is 11.3 Å². The Labute approximate surface area is 156 Å². The van der Waals surface area contributed by atoms with Crippen LogP contribution in [0.5, 0.6) is 0 Å². The van der Waals surface area contributed by atoms with Gasteiger partial charge in [0.2, 0.25) is 5.91 Å². The van der Waals surface area contributed by atoms with Crippen LogP contribution >= 0.6 is 11.6 Å². The molecule has 0 saturated carbocycles. The van der Waals surface area contributed by atoms with Crippen LogP contribution in [-0.4, -0.2) is 10.9 Å². The molecular formula is C20H18ClFN2O2. The second-order valence-electron chi connectivity index (χ2n) is 5.94. The number of oxazole rings is 1. The lowest BCUT2D eigenvalue weighted by Gasteiger charge is -2.14. The van der Waals surface area contributed by atoms with E-state index in [0.29, 0.717) is 23.1 Å². The summed E-state index contributed by atoms with van der Waals surface area (Å²) in [5.74, 6) is 0.625. The molecule has 3 aromatic rings. The molecule has 0 radical (unpaired) electrons. The normalized spacial score (nSPS) is 12.0. The Bertz CT molecular complexity index is 893. The number of benzene rings is 2. The first-order chi connectivity index (χ1) is 12.5. The second kappa shape index (κ2) is 8.15. The lowest BCUT2D eigenvalue weighted by Crippen LogP contribution is -2.26. The molecule has 3 rings (SSSR count). The SMILES string of the molecule is CC(NC(=O)CCc1ncc(-c2ccccc2Cl)o1)c1ccc(F)cc1. The maximum Gasteiger partial charge on any atom is 0.220 e. The zero-order valence-corrected chi connectivity index (χ0v) is 15.0. The first-order valence-electron chi connectivity index (χ1n) is 8.27. The Morgan fingerprint density at radius 2 is 1.96 bits per heavy atom. The van der Waals surface area contributed by atoms with Crippen molar-refractivity contribution in [1.29, 1.82) is 0 Å². The summed E-state index contributed by atoms with van der Waals surface area (Å²) in [6.07, 6.45) is 2.23. The van der Waals surface area contributed by atoms with Crippen LogP contribution in [-0.2, 0) is 11.2 Å². The summed E-state index contributed by atoms with van der Waals surface area (Å²) in [5.41, 5.74) is 1.61. The number of hydrogen-bond donors (Lipinski definition) is 1. The molecule has 0 aliphatic carbocycles. The molecule has 0 fully saturated rings. The van der Waals surface area contributed by atoms with Crippen LogP contribution in [0, 0.1) is 5.82 Å². The minimum absolute atomic E-state index is 0.126. The van der Waals surface area contributed by atoms with E-state index >= 15 is 0 Å². The molecule has 26 heavy (non-hydrogen) atoms. The molecule has 134 valence electrons. The van der Waals surface area contributed by atoms with E-state index in [-0.39, 0.29) is 24.2 Å². The van der Waals surface area contributed by atoms with Gasteiger partial charge in [-0.1, -0.05) is 35.9 Å². The largest absolute Gasteiger partial charge is 0.441 e. The molecule has 1 amide bonds. The van der Waals surface area contributed by atoms with Gasteiger partial charge >= 0.3 is 0 Å². The van der Waals surface area contributed by atoms with Crippen molar-refractivity contribution in [3.8, 4) is 11.3 Å².